The molecule has 21 heavy (non-hydrogen) atoms. The lowest BCUT2D eigenvalue weighted by molar-refractivity contribution is 0.247. The zero-order valence-corrected chi connectivity index (χ0v) is 12.6. The van der Waals surface area contributed by atoms with E-state index in [2.05, 4.69) is 10.6 Å². The molecule has 0 saturated heterocycles. The highest BCUT2D eigenvalue weighted by Crippen LogP contribution is 2.16. The highest BCUT2D eigenvalue weighted by Gasteiger charge is 1.97. The normalized spacial score (nSPS) is 10.0. The van der Waals surface area contributed by atoms with Crippen molar-refractivity contribution in [2.24, 2.45) is 0 Å². The van der Waals surface area contributed by atoms with Gasteiger partial charge in [0.1, 0.15) is 11.5 Å². The Bertz CT molecular complexity index is 474. The van der Waals surface area contributed by atoms with Crippen LogP contribution in [-0.4, -0.2) is 27.3 Å². The van der Waals surface area contributed by atoms with Crippen molar-refractivity contribution >= 4 is 11.4 Å². The highest BCUT2D eigenvalue weighted by atomic mass is 16.5. The van der Waals surface area contributed by atoms with Crippen molar-refractivity contribution in [1.82, 2.24) is 0 Å². The molecule has 2 aromatic rings. The Kier molecular flexibility index (Phi) is 5.76. The maximum atomic E-state index is 5.66. The van der Waals surface area contributed by atoms with E-state index in [0.717, 1.165) is 29.3 Å². The lowest BCUT2D eigenvalue weighted by Crippen LogP contribution is -2.05. The van der Waals surface area contributed by atoms with Crippen molar-refractivity contribution in [2.75, 3.05) is 37.9 Å². The number of rotatable bonds is 8. The molecule has 112 valence electrons. The highest BCUT2D eigenvalue weighted by molar-refractivity contribution is 5.46. The molecule has 0 aromatic heterocycles. The zero-order chi connectivity index (χ0) is 14.9. The molecule has 0 atom stereocenters. The van der Waals surface area contributed by atoms with E-state index in [9.17, 15) is 0 Å². The van der Waals surface area contributed by atoms with Crippen LogP contribution in [0.2, 0.25) is 0 Å². The second-order valence-electron chi connectivity index (χ2n) is 4.60. The molecule has 0 aliphatic carbocycles. The third-order valence-corrected chi connectivity index (χ3v) is 3.11. The van der Waals surface area contributed by atoms with Crippen LogP contribution < -0.4 is 20.1 Å². The summed E-state index contributed by atoms with van der Waals surface area (Å²) in [5.74, 6) is 1.76. The first-order valence-electron chi connectivity index (χ1n) is 7.13. The van der Waals surface area contributed by atoms with Crippen molar-refractivity contribution in [3.63, 3.8) is 0 Å². The van der Waals surface area contributed by atoms with Crippen LogP contribution in [-0.2, 0) is 0 Å². The Balaban J connectivity index is 1.64. The molecule has 0 aliphatic rings. The van der Waals surface area contributed by atoms with E-state index in [1.54, 1.807) is 0 Å². The van der Waals surface area contributed by atoms with Gasteiger partial charge in [0.15, 0.2) is 0 Å². The molecule has 0 aliphatic heterocycles. The molecule has 2 aromatic carbocycles. The van der Waals surface area contributed by atoms with E-state index in [-0.39, 0.29) is 0 Å². The van der Waals surface area contributed by atoms with Gasteiger partial charge in [0, 0.05) is 31.9 Å². The zero-order valence-electron chi connectivity index (χ0n) is 12.6. The summed E-state index contributed by atoms with van der Waals surface area (Å²) in [7, 11) is 3.80. The summed E-state index contributed by atoms with van der Waals surface area (Å²) in [5, 5.41) is 6.15. The Morgan fingerprint density at radius 2 is 1.05 bits per heavy atom. The van der Waals surface area contributed by atoms with Gasteiger partial charge in [0.05, 0.1) is 13.2 Å². The van der Waals surface area contributed by atoms with Gasteiger partial charge in [-0.25, -0.2) is 0 Å². The van der Waals surface area contributed by atoms with E-state index < -0.39 is 0 Å². The molecule has 2 N–H and O–H groups in total. The van der Waals surface area contributed by atoms with E-state index in [1.807, 2.05) is 62.6 Å². The number of hydrogen-bond donors (Lipinski definition) is 2. The lowest BCUT2D eigenvalue weighted by atomic mass is 10.3. The topological polar surface area (TPSA) is 42.5 Å². The largest absolute Gasteiger partial charge is 0.493 e. The molecule has 2 rings (SSSR count). The summed E-state index contributed by atoms with van der Waals surface area (Å²) >= 11 is 0. The monoisotopic (exact) mass is 286 g/mol. The van der Waals surface area contributed by atoms with E-state index in [0.29, 0.717) is 13.2 Å². The van der Waals surface area contributed by atoms with Crippen molar-refractivity contribution in [2.45, 2.75) is 6.42 Å². The molecule has 4 heteroatoms. The number of nitrogens with one attached hydrogen (secondary N) is 2. The Morgan fingerprint density at radius 1 is 0.667 bits per heavy atom. The van der Waals surface area contributed by atoms with Gasteiger partial charge in [-0.15, -0.1) is 0 Å². The minimum atomic E-state index is 0.646. The fourth-order valence-corrected chi connectivity index (χ4v) is 1.87. The molecule has 0 bridgehead atoms. The number of anilines is 2. The van der Waals surface area contributed by atoms with Crippen molar-refractivity contribution in [3.05, 3.63) is 48.5 Å². The van der Waals surface area contributed by atoms with Gasteiger partial charge in [0.25, 0.3) is 0 Å². The standard InChI is InChI=1S/C17H22N2O2/c1-18-14-4-8-16(9-5-14)20-12-3-13-21-17-10-6-15(19-2)7-11-17/h4-11,18-19H,3,12-13H2,1-2H3. The maximum absolute atomic E-state index is 5.66. The third kappa shape index (κ3) is 4.91. The lowest BCUT2D eigenvalue weighted by Gasteiger charge is -2.09. The number of benzene rings is 2. The van der Waals surface area contributed by atoms with Gasteiger partial charge in [-0.05, 0) is 48.5 Å². The van der Waals surface area contributed by atoms with Gasteiger partial charge in [0.2, 0.25) is 0 Å². The first-order valence-corrected chi connectivity index (χ1v) is 7.13. The van der Waals surface area contributed by atoms with Gasteiger partial charge in [-0.1, -0.05) is 0 Å². The van der Waals surface area contributed by atoms with Gasteiger partial charge < -0.3 is 20.1 Å². The fourth-order valence-electron chi connectivity index (χ4n) is 1.87. The van der Waals surface area contributed by atoms with Crippen LogP contribution in [0.1, 0.15) is 6.42 Å². The molecule has 0 heterocycles. The van der Waals surface area contributed by atoms with Crippen LogP contribution >= 0.6 is 0 Å². The molecule has 4 nitrogen and oxygen atoms in total. The first kappa shape index (κ1) is 15.0. The van der Waals surface area contributed by atoms with Gasteiger partial charge in [-0.3, -0.25) is 0 Å². The molecule has 0 radical (unpaired) electrons. The van der Waals surface area contributed by atoms with Crippen LogP contribution in [0.25, 0.3) is 0 Å². The molecule has 0 fully saturated rings. The van der Waals surface area contributed by atoms with Crippen molar-refractivity contribution in [3.8, 4) is 11.5 Å². The van der Waals surface area contributed by atoms with E-state index in [4.69, 9.17) is 9.47 Å². The summed E-state index contributed by atoms with van der Waals surface area (Å²) in [4.78, 5) is 0. The first-order chi connectivity index (χ1) is 10.3. The summed E-state index contributed by atoms with van der Waals surface area (Å²) in [5.41, 5.74) is 2.16. The average molecular weight is 286 g/mol. The molecule has 0 amide bonds. The maximum Gasteiger partial charge on any atom is 0.119 e. The third-order valence-electron chi connectivity index (χ3n) is 3.11. The summed E-state index contributed by atoms with van der Waals surface area (Å²) in [6.45, 7) is 1.29. The fraction of sp³-hybridized carbons (Fsp3) is 0.294. The van der Waals surface area contributed by atoms with Crippen molar-refractivity contribution in [1.29, 1.82) is 0 Å². The summed E-state index contributed by atoms with van der Waals surface area (Å²) < 4.78 is 11.3. The second kappa shape index (κ2) is 8.04. The summed E-state index contributed by atoms with van der Waals surface area (Å²) in [6.07, 6.45) is 0.849. The number of ether oxygens (including phenoxy) is 2. The molecular weight excluding hydrogens is 264 g/mol. The quantitative estimate of drug-likeness (QED) is 0.727. The van der Waals surface area contributed by atoms with E-state index >= 15 is 0 Å². The average Bonchev–Trinajstić information content (AvgIpc) is 2.55. The van der Waals surface area contributed by atoms with Crippen LogP contribution in [0.5, 0.6) is 11.5 Å². The predicted molar refractivity (Wildman–Crippen MR) is 87.6 cm³/mol. The second-order valence-corrected chi connectivity index (χ2v) is 4.60. The van der Waals surface area contributed by atoms with Gasteiger partial charge >= 0.3 is 0 Å². The summed E-state index contributed by atoms with van der Waals surface area (Å²) in [6, 6.07) is 15.8. The van der Waals surface area contributed by atoms with Crippen molar-refractivity contribution < 1.29 is 9.47 Å². The minimum Gasteiger partial charge on any atom is -0.493 e. The molecule has 0 spiro atoms. The Hall–Kier alpha value is -2.36. The molecular formula is C17H22N2O2. The SMILES string of the molecule is CNc1ccc(OCCCOc2ccc(NC)cc2)cc1. The van der Waals surface area contributed by atoms with Crippen LogP contribution in [0.3, 0.4) is 0 Å². The molecule has 0 saturated carbocycles. The van der Waals surface area contributed by atoms with Crippen LogP contribution in [0, 0.1) is 0 Å². The van der Waals surface area contributed by atoms with Gasteiger partial charge in [-0.2, -0.15) is 0 Å². The number of hydrogen-bond acceptors (Lipinski definition) is 4. The Labute approximate surface area is 126 Å². The minimum absolute atomic E-state index is 0.646. The predicted octanol–water partition coefficient (Wildman–Crippen LogP) is 3.62. The van der Waals surface area contributed by atoms with Crippen LogP contribution in [0.4, 0.5) is 11.4 Å². The smallest absolute Gasteiger partial charge is 0.119 e. The molecule has 0 unspecified atom stereocenters. The van der Waals surface area contributed by atoms with E-state index in [1.165, 1.54) is 0 Å². The Morgan fingerprint density at radius 3 is 1.38 bits per heavy atom. The van der Waals surface area contributed by atoms with Crippen LogP contribution in [0.15, 0.2) is 48.5 Å².